The first-order chi connectivity index (χ1) is 26.5. The normalized spacial score (nSPS) is 12.8. The number of anilines is 3. The van der Waals surface area contributed by atoms with Crippen LogP contribution in [0.1, 0.15) is 25.0 Å². The van der Waals surface area contributed by atoms with E-state index in [1.54, 1.807) is 0 Å². The van der Waals surface area contributed by atoms with E-state index in [0.29, 0.717) is 0 Å². The van der Waals surface area contributed by atoms with Crippen molar-refractivity contribution in [2.45, 2.75) is 19.3 Å². The number of benzene rings is 9. The summed E-state index contributed by atoms with van der Waals surface area (Å²) in [5.74, 6) is 0. The van der Waals surface area contributed by atoms with Crippen molar-refractivity contribution in [3.63, 3.8) is 0 Å². The van der Waals surface area contributed by atoms with Crippen LogP contribution in [0.15, 0.2) is 200 Å². The lowest BCUT2D eigenvalue weighted by atomic mass is 9.81. The molecule has 1 aliphatic rings. The molecule has 54 heavy (non-hydrogen) atoms. The number of fused-ring (bicyclic) bond motifs is 6. The molecule has 9 aromatic rings. The van der Waals surface area contributed by atoms with Crippen LogP contribution in [-0.4, -0.2) is 0 Å². The van der Waals surface area contributed by atoms with E-state index in [1.165, 1.54) is 77.2 Å². The Balaban J connectivity index is 1.21. The van der Waals surface area contributed by atoms with E-state index in [9.17, 15) is 0 Å². The molecule has 0 spiro atoms. The molecule has 0 saturated heterocycles. The van der Waals surface area contributed by atoms with Crippen molar-refractivity contribution >= 4 is 38.6 Å². The summed E-state index contributed by atoms with van der Waals surface area (Å²) in [6.07, 6.45) is 0. The molecule has 0 fully saturated rings. The van der Waals surface area contributed by atoms with Gasteiger partial charge in [0.25, 0.3) is 0 Å². The van der Waals surface area contributed by atoms with Gasteiger partial charge in [-0.3, -0.25) is 0 Å². The topological polar surface area (TPSA) is 3.24 Å². The van der Waals surface area contributed by atoms with Crippen molar-refractivity contribution < 1.29 is 0 Å². The summed E-state index contributed by atoms with van der Waals surface area (Å²) in [5.41, 5.74) is 15.9. The highest BCUT2D eigenvalue weighted by atomic mass is 15.1. The van der Waals surface area contributed by atoms with Crippen molar-refractivity contribution in [1.29, 1.82) is 0 Å². The quantitative estimate of drug-likeness (QED) is 0.157. The summed E-state index contributed by atoms with van der Waals surface area (Å²) in [6.45, 7) is 4.77. The lowest BCUT2D eigenvalue weighted by Crippen LogP contribution is -2.17. The molecule has 0 atom stereocenters. The first-order valence-electron chi connectivity index (χ1n) is 18.8. The predicted molar refractivity (Wildman–Crippen MR) is 230 cm³/mol. The second-order valence-electron chi connectivity index (χ2n) is 14.9. The molecule has 256 valence electrons. The van der Waals surface area contributed by atoms with Gasteiger partial charge in [-0.1, -0.05) is 178 Å². The average molecular weight is 690 g/mol. The van der Waals surface area contributed by atoms with Gasteiger partial charge in [-0.2, -0.15) is 0 Å². The Bertz CT molecular complexity index is 2830. The summed E-state index contributed by atoms with van der Waals surface area (Å²) in [6, 6.07) is 73.4. The zero-order valence-electron chi connectivity index (χ0n) is 30.5. The summed E-state index contributed by atoms with van der Waals surface area (Å²) in [7, 11) is 0. The Morgan fingerprint density at radius 2 is 0.833 bits per heavy atom. The smallest absolute Gasteiger partial charge is 0.0546 e. The van der Waals surface area contributed by atoms with Gasteiger partial charge in [0.2, 0.25) is 0 Å². The standard InChI is InChI=1S/C53H39N/c1-53(2)50-32-39(36-16-6-3-7-17-36)26-29-46(50)47-31-28-42(35-51(47)53)54(52-33-40-22-12-13-23-43(40)45-24-14-15-25-48(45)52)41-27-30-44(37-18-8-4-9-19-37)49(34-41)38-20-10-5-11-21-38/h3-35H,1-2H3. The van der Waals surface area contributed by atoms with Gasteiger partial charge in [0, 0.05) is 22.2 Å². The monoisotopic (exact) mass is 689 g/mol. The van der Waals surface area contributed by atoms with Crippen LogP contribution in [0.3, 0.4) is 0 Å². The molecule has 1 heteroatoms. The predicted octanol–water partition coefficient (Wildman–Crippen LogP) is 14.8. The molecule has 10 rings (SSSR count). The largest absolute Gasteiger partial charge is 0.310 e. The van der Waals surface area contributed by atoms with Gasteiger partial charge in [0.15, 0.2) is 0 Å². The van der Waals surface area contributed by atoms with Crippen molar-refractivity contribution in [3.05, 3.63) is 211 Å². The molecule has 0 aliphatic heterocycles. The molecule has 0 saturated carbocycles. The summed E-state index contributed by atoms with van der Waals surface area (Å²) in [5, 5.41) is 4.96. The number of nitrogens with zero attached hydrogens (tertiary/aromatic N) is 1. The first kappa shape index (κ1) is 32.0. The number of hydrogen-bond donors (Lipinski definition) is 0. The van der Waals surface area contributed by atoms with Crippen LogP contribution in [0.4, 0.5) is 17.1 Å². The zero-order chi connectivity index (χ0) is 36.2. The third-order valence-electron chi connectivity index (χ3n) is 11.4. The lowest BCUT2D eigenvalue weighted by molar-refractivity contribution is 0.660. The highest BCUT2D eigenvalue weighted by Crippen LogP contribution is 2.52. The van der Waals surface area contributed by atoms with E-state index in [4.69, 9.17) is 0 Å². The van der Waals surface area contributed by atoms with Crippen molar-refractivity contribution in [1.82, 2.24) is 0 Å². The van der Waals surface area contributed by atoms with E-state index in [1.807, 2.05) is 0 Å². The Hall–Kier alpha value is -6.70. The van der Waals surface area contributed by atoms with Crippen LogP contribution in [0.5, 0.6) is 0 Å². The Kier molecular flexibility index (Phi) is 7.56. The fourth-order valence-electron chi connectivity index (χ4n) is 8.72. The molecule has 0 bridgehead atoms. The molecule has 0 heterocycles. The molecule has 9 aromatic carbocycles. The van der Waals surface area contributed by atoms with E-state index < -0.39 is 0 Å². The molecule has 0 radical (unpaired) electrons. The van der Waals surface area contributed by atoms with Crippen LogP contribution in [0.25, 0.3) is 66.1 Å². The van der Waals surface area contributed by atoms with Crippen molar-refractivity contribution in [3.8, 4) is 44.5 Å². The number of rotatable bonds is 6. The van der Waals surface area contributed by atoms with E-state index in [2.05, 4.69) is 219 Å². The van der Waals surface area contributed by atoms with E-state index >= 15 is 0 Å². The minimum Gasteiger partial charge on any atom is -0.310 e. The maximum absolute atomic E-state index is 2.49. The minimum atomic E-state index is -0.186. The molecule has 0 N–H and O–H groups in total. The SMILES string of the molecule is CC1(C)c2cc(-c3ccccc3)ccc2-c2ccc(N(c3ccc(-c4ccccc4)c(-c4ccccc4)c3)c3cc4ccccc4c4ccccc34)cc21. The molecular weight excluding hydrogens is 651 g/mol. The van der Waals surface area contributed by atoms with Crippen LogP contribution in [-0.2, 0) is 5.41 Å². The van der Waals surface area contributed by atoms with Crippen LogP contribution in [0.2, 0.25) is 0 Å². The first-order valence-corrected chi connectivity index (χ1v) is 18.8. The van der Waals surface area contributed by atoms with Crippen molar-refractivity contribution in [2.75, 3.05) is 4.90 Å². The molecule has 1 nitrogen and oxygen atoms in total. The summed E-state index contributed by atoms with van der Waals surface area (Å²) >= 11 is 0. The molecule has 0 unspecified atom stereocenters. The van der Waals surface area contributed by atoms with Crippen LogP contribution >= 0.6 is 0 Å². The Labute approximate surface area is 317 Å². The molecular formula is C53H39N. The van der Waals surface area contributed by atoms with E-state index in [-0.39, 0.29) is 5.41 Å². The lowest BCUT2D eigenvalue weighted by Gasteiger charge is -2.30. The summed E-state index contributed by atoms with van der Waals surface area (Å²) < 4.78 is 0. The number of hydrogen-bond acceptors (Lipinski definition) is 1. The average Bonchev–Trinajstić information content (AvgIpc) is 3.46. The Morgan fingerprint density at radius 1 is 0.333 bits per heavy atom. The third-order valence-corrected chi connectivity index (χ3v) is 11.4. The zero-order valence-corrected chi connectivity index (χ0v) is 30.5. The fraction of sp³-hybridized carbons (Fsp3) is 0.0566. The molecule has 0 aromatic heterocycles. The second kappa shape index (κ2) is 12.8. The Morgan fingerprint density at radius 3 is 1.52 bits per heavy atom. The van der Waals surface area contributed by atoms with Gasteiger partial charge in [-0.25, -0.2) is 0 Å². The highest BCUT2D eigenvalue weighted by molar-refractivity contribution is 6.14. The van der Waals surface area contributed by atoms with Crippen LogP contribution in [0, 0.1) is 0 Å². The van der Waals surface area contributed by atoms with Gasteiger partial charge >= 0.3 is 0 Å². The molecule has 1 aliphatic carbocycles. The second-order valence-corrected chi connectivity index (χ2v) is 14.9. The highest BCUT2D eigenvalue weighted by Gasteiger charge is 2.36. The summed E-state index contributed by atoms with van der Waals surface area (Å²) in [4.78, 5) is 2.49. The maximum atomic E-state index is 2.49. The maximum Gasteiger partial charge on any atom is 0.0546 e. The van der Waals surface area contributed by atoms with Gasteiger partial charge in [-0.15, -0.1) is 0 Å². The third kappa shape index (κ3) is 5.24. The van der Waals surface area contributed by atoms with Crippen molar-refractivity contribution in [2.24, 2.45) is 0 Å². The van der Waals surface area contributed by atoms with Gasteiger partial charge < -0.3 is 4.90 Å². The molecule has 0 amide bonds. The van der Waals surface area contributed by atoms with Gasteiger partial charge in [-0.05, 0) is 108 Å². The van der Waals surface area contributed by atoms with Gasteiger partial charge in [0.1, 0.15) is 0 Å². The fourth-order valence-corrected chi connectivity index (χ4v) is 8.72. The van der Waals surface area contributed by atoms with Gasteiger partial charge in [0.05, 0.1) is 5.69 Å². The van der Waals surface area contributed by atoms with E-state index in [0.717, 1.165) is 17.1 Å². The van der Waals surface area contributed by atoms with Crippen LogP contribution < -0.4 is 4.90 Å². The minimum absolute atomic E-state index is 0.186.